The molecule has 0 aliphatic rings. The van der Waals surface area contributed by atoms with Crippen molar-refractivity contribution in [2.75, 3.05) is 0 Å². The fourth-order valence-electron chi connectivity index (χ4n) is 1.89. The smallest absolute Gasteiger partial charge is 0.146 e. The summed E-state index contributed by atoms with van der Waals surface area (Å²) in [4.78, 5) is 0. The Morgan fingerprint density at radius 2 is 1.80 bits per heavy atom. The van der Waals surface area contributed by atoms with Crippen LogP contribution >= 0.6 is 43.5 Å². The van der Waals surface area contributed by atoms with E-state index < -0.39 is 0 Å². The largest absolute Gasteiger partial charge is 0.456 e. The summed E-state index contributed by atoms with van der Waals surface area (Å²) in [6.45, 7) is 4.29. The second-order valence-corrected chi connectivity index (χ2v) is 6.72. The van der Waals surface area contributed by atoms with Gasteiger partial charge in [0.1, 0.15) is 11.5 Å². The molecule has 0 fully saturated rings. The number of halogens is 3. The molecule has 1 nitrogen and oxygen atoms in total. The number of hydrogen-bond acceptors (Lipinski definition) is 1. The zero-order valence-corrected chi connectivity index (χ0v) is 15.2. The standard InChI is InChI=1S/C16H15Br2ClO/c1-10(2)13-8-12(18)4-6-15(13)20-16-5-3-11(9-17)7-14(16)19/h3-8,10H,9H2,1-2H3. The normalized spacial score (nSPS) is 10.9. The van der Waals surface area contributed by atoms with E-state index >= 15 is 0 Å². The molecule has 0 saturated carbocycles. The van der Waals surface area contributed by atoms with Crippen molar-refractivity contribution in [2.45, 2.75) is 25.1 Å². The summed E-state index contributed by atoms with van der Waals surface area (Å²) in [6, 6.07) is 11.9. The first-order chi connectivity index (χ1) is 9.51. The molecule has 2 aromatic carbocycles. The maximum atomic E-state index is 6.27. The van der Waals surface area contributed by atoms with Gasteiger partial charge in [0.2, 0.25) is 0 Å². The van der Waals surface area contributed by atoms with Gasteiger partial charge in [-0.1, -0.05) is 63.4 Å². The van der Waals surface area contributed by atoms with Gasteiger partial charge in [0, 0.05) is 9.80 Å². The van der Waals surface area contributed by atoms with Gasteiger partial charge in [0.15, 0.2) is 0 Å². The Kier molecular flexibility index (Phi) is 5.53. The Balaban J connectivity index is 2.35. The predicted octanol–water partition coefficient (Wildman–Crippen LogP) is 6.91. The van der Waals surface area contributed by atoms with Crippen LogP contribution in [0.2, 0.25) is 5.02 Å². The molecule has 0 spiro atoms. The lowest BCUT2D eigenvalue weighted by molar-refractivity contribution is 0.473. The summed E-state index contributed by atoms with van der Waals surface area (Å²) in [5.74, 6) is 1.90. The Hall–Kier alpha value is -0.510. The number of hydrogen-bond donors (Lipinski definition) is 0. The Morgan fingerprint density at radius 3 is 2.40 bits per heavy atom. The average Bonchev–Trinajstić information content (AvgIpc) is 2.42. The monoisotopic (exact) mass is 416 g/mol. The number of rotatable bonds is 4. The first kappa shape index (κ1) is 15.9. The second-order valence-electron chi connectivity index (χ2n) is 4.84. The van der Waals surface area contributed by atoms with Crippen LogP contribution in [0.3, 0.4) is 0 Å². The molecule has 0 radical (unpaired) electrons. The van der Waals surface area contributed by atoms with Crippen molar-refractivity contribution in [3.63, 3.8) is 0 Å². The van der Waals surface area contributed by atoms with Crippen molar-refractivity contribution >= 4 is 43.5 Å². The van der Waals surface area contributed by atoms with Crippen LogP contribution in [0.1, 0.15) is 30.9 Å². The Bertz CT molecular complexity index is 611. The molecular weight excluding hydrogens is 403 g/mol. The van der Waals surface area contributed by atoms with Gasteiger partial charge in [0.25, 0.3) is 0 Å². The van der Waals surface area contributed by atoms with Crippen molar-refractivity contribution in [3.8, 4) is 11.5 Å². The minimum Gasteiger partial charge on any atom is -0.456 e. The van der Waals surface area contributed by atoms with E-state index in [0.29, 0.717) is 16.7 Å². The van der Waals surface area contributed by atoms with Crippen LogP contribution in [0.25, 0.3) is 0 Å². The van der Waals surface area contributed by atoms with E-state index in [0.717, 1.165) is 26.7 Å². The summed E-state index contributed by atoms with van der Waals surface area (Å²) in [7, 11) is 0. The Labute approximate surface area is 141 Å². The third kappa shape index (κ3) is 3.78. The van der Waals surface area contributed by atoms with Gasteiger partial charge in [-0.3, -0.25) is 0 Å². The highest BCUT2D eigenvalue weighted by atomic mass is 79.9. The van der Waals surface area contributed by atoms with Crippen molar-refractivity contribution in [2.24, 2.45) is 0 Å². The molecule has 0 saturated heterocycles. The van der Waals surface area contributed by atoms with E-state index in [1.165, 1.54) is 0 Å². The van der Waals surface area contributed by atoms with Gasteiger partial charge in [-0.05, 0) is 47.4 Å². The molecule has 0 aliphatic heterocycles. The quantitative estimate of drug-likeness (QED) is 0.490. The van der Waals surface area contributed by atoms with Crippen LogP contribution in [0.15, 0.2) is 40.9 Å². The molecule has 0 bridgehead atoms. The number of alkyl halides is 1. The molecule has 2 aromatic rings. The van der Waals surface area contributed by atoms with Gasteiger partial charge in [-0.15, -0.1) is 0 Å². The summed E-state index contributed by atoms with van der Waals surface area (Å²) >= 11 is 13.2. The van der Waals surface area contributed by atoms with Crippen LogP contribution in [0.4, 0.5) is 0 Å². The summed E-state index contributed by atoms with van der Waals surface area (Å²) in [5.41, 5.74) is 2.28. The van der Waals surface area contributed by atoms with Gasteiger partial charge in [0.05, 0.1) is 5.02 Å². The topological polar surface area (TPSA) is 9.23 Å². The van der Waals surface area contributed by atoms with Crippen LogP contribution in [0.5, 0.6) is 11.5 Å². The Morgan fingerprint density at radius 1 is 1.10 bits per heavy atom. The fraction of sp³-hybridized carbons (Fsp3) is 0.250. The minimum absolute atomic E-state index is 0.378. The van der Waals surface area contributed by atoms with Crippen LogP contribution in [0, 0.1) is 0 Å². The van der Waals surface area contributed by atoms with Crippen molar-refractivity contribution < 1.29 is 4.74 Å². The molecule has 20 heavy (non-hydrogen) atoms. The first-order valence-electron chi connectivity index (χ1n) is 6.33. The van der Waals surface area contributed by atoms with Gasteiger partial charge in [-0.25, -0.2) is 0 Å². The van der Waals surface area contributed by atoms with Crippen LogP contribution < -0.4 is 4.74 Å². The SMILES string of the molecule is CC(C)c1cc(Br)ccc1Oc1ccc(CBr)cc1Cl. The average molecular weight is 419 g/mol. The highest BCUT2D eigenvalue weighted by Crippen LogP contribution is 2.36. The van der Waals surface area contributed by atoms with E-state index in [9.17, 15) is 0 Å². The minimum atomic E-state index is 0.378. The predicted molar refractivity (Wildman–Crippen MR) is 92.4 cm³/mol. The third-order valence-electron chi connectivity index (χ3n) is 2.96. The van der Waals surface area contributed by atoms with E-state index in [-0.39, 0.29) is 0 Å². The van der Waals surface area contributed by atoms with Crippen molar-refractivity contribution in [3.05, 3.63) is 57.0 Å². The van der Waals surface area contributed by atoms with Crippen molar-refractivity contribution in [1.82, 2.24) is 0 Å². The second kappa shape index (κ2) is 6.97. The molecule has 0 unspecified atom stereocenters. The highest BCUT2D eigenvalue weighted by Gasteiger charge is 2.11. The number of ether oxygens (including phenoxy) is 1. The molecule has 4 heteroatoms. The van der Waals surface area contributed by atoms with E-state index in [4.69, 9.17) is 16.3 Å². The van der Waals surface area contributed by atoms with Gasteiger partial charge < -0.3 is 4.74 Å². The lowest BCUT2D eigenvalue weighted by Gasteiger charge is -2.15. The van der Waals surface area contributed by atoms with E-state index in [1.807, 2.05) is 30.3 Å². The van der Waals surface area contributed by atoms with Gasteiger partial charge >= 0.3 is 0 Å². The lowest BCUT2D eigenvalue weighted by atomic mass is 10.0. The maximum Gasteiger partial charge on any atom is 0.146 e. The molecule has 0 atom stereocenters. The van der Waals surface area contributed by atoms with E-state index in [1.54, 1.807) is 0 Å². The zero-order chi connectivity index (χ0) is 14.7. The lowest BCUT2D eigenvalue weighted by Crippen LogP contribution is -1.95. The summed E-state index contributed by atoms with van der Waals surface area (Å²) in [6.07, 6.45) is 0. The molecule has 0 heterocycles. The zero-order valence-electron chi connectivity index (χ0n) is 11.3. The fourth-order valence-corrected chi connectivity index (χ4v) is 2.86. The highest BCUT2D eigenvalue weighted by molar-refractivity contribution is 9.10. The molecule has 0 amide bonds. The molecule has 106 valence electrons. The van der Waals surface area contributed by atoms with Crippen LogP contribution in [-0.2, 0) is 5.33 Å². The molecular formula is C16H15Br2ClO. The van der Waals surface area contributed by atoms with Gasteiger partial charge in [-0.2, -0.15) is 0 Å². The first-order valence-corrected chi connectivity index (χ1v) is 8.62. The van der Waals surface area contributed by atoms with E-state index in [2.05, 4.69) is 51.8 Å². The maximum absolute atomic E-state index is 6.27. The third-order valence-corrected chi connectivity index (χ3v) is 4.40. The molecule has 0 aromatic heterocycles. The number of benzene rings is 2. The summed E-state index contributed by atoms with van der Waals surface area (Å²) in [5, 5.41) is 1.40. The molecule has 0 N–H and O–H groups in total. The molecule has 2 rings (SSSR count). The van der Waals surface area contributed by atoms with Crippen molar-refractivity contribution in [1.29, 1.82) is 0 Å². The summed E-state index contributed by atoms with van der Waals surface area (Å²) < 4.78 is 7.04. The molecule has 0 aliphatic carbocycles. The van der Waals surface area contributed by atoms with Crippen LogP contribution in [-0.4, -0.2) is 0 Å².